The van der Waals surface area contributed by atoms with E-state index in [0.717, 1.165) is 0 Å². The molecule has 1 aromatic carbocycles. The van der Waals surface area contributed by atoms with Gasteiger partial charge in [-0.3, -0.25) is 4.79 Å². The molecule has 0 radical (unpaired) electrons. The molecule has 0 spiro atoms. The van der Waals surface area contributed by atoms with Crippen LogP contribution in [0.5, 0.6) is 5.75 Å². The van der Waals surface area contributed by atoms with Crippen LogP contribution in [0.2, 0.25) is 0 Å². The van der Waals surface area contributed by atoms with E-state index in [2.05, 4.69) is 15.5 Å². The number of carbonyl (C=O) groups is 1. The molecule has 1 aliphatic rings. The Morgan fingerprint density at radius 2 is 2.28 bits per heavy atom. The monoisotopic (exact) mass is 349 g/mol. The second kappa shape index (κ2) is 7.18. The van der Waals surface area contributed by atoms with Crippen molar-refractivity contribution < 1.29 is 23.6 Å². The van der Waals surface area contributed by atoms with Crippen LogP contribution in [0.15, 0.2) is 22.7 Å². The van der Waals surface area contributed by atoms with Crippen LogP contribution in [-0.4, -0.2) is 40.9 Å². The number of aromatic nitrogens is 2. The molecule has 8 heteroatoms. The van der Waals surface area contributed by atoms with Crippen molar-refractivity contribution in [2.45, 2.75) is 31.8 Å². The maximum atomic E-state index is 14.1. The summed E-state index contributed by atoms with van der Waals surface area (Å²) in [4.78, 5) is 16.4. The third-order valence-corrected chi connectivity index (χ3v) is 4.50. The molecule has 2 N–H and O–H groups in total. The van der Waals surface area contributed by atoms with Crippen LogP contribution < -0.4 is 10.1 Å². The Kier molecular flexibility index (Phi) is 4.98. The minimum absolute atomic E-state index is 0.0142. The lowest BCUT2D eigenvalue weighted by Gasteiger charge is -2.15. The van der Waals surface area contributed by atoms with E-state index in [1.54, 1.807) is 13.0 Å². The first-order valence-corrected chi connectivity index (χ1v) is 8.08. The summed E-state index contributed by atoms with van der Waals surface area (Å²) in [5, 5.41) is 16.7. The lowest BCUT2D eigenvalue weighted by molar-refractivity contribution is 0.0912. The smallest absolute Gasteiger partial charge is 0.254 e. The molecule has 2 aromatic rings. The molecule has 1 aliphatic carbocycles. The molecule has 3 atom stereocenters. The molecule has 1 amide bonds. The number of halogens is 1. The Morgan fingerprint density at radius 1 is 1.48 bits per heavy atom. The standard InChI is InChI=1S/C17H20FN3O4/c1-9-20-17(25-21-9)10-6-11(13(22)7-10)8-19-16(23)12-4-3-5-14(24-2)15(12)18/h3-5,10-11,13,22H,6-8H2,1-2H3,(H,19,23)/t10-,11+,13+/m0/s1. The van der Waals surface area contributed by atoms with Crippen LogP contribution in [0, 0.1) is 18.7 Å². The van der Waals surface area contributed by atoms with Crippen molar-refractivity contribution >= 4 is 5.91 Å². The molecule has 1 saturated carbocycles. The molecule has 0 unspecified atom stereocenters. The molecule has 3 rings (SSSR count). The van der Waals surface area contributed by atoms with Crippen LogP contribution >= 0.6 is 0 Å². The van der Waals surface area contributed by atoms with E-state index in [-0.39, 0.29) is 29.7 Å². The Morgan fingerprint density at radius 3 is 2.96 bits per heavy atom. The van der Waals surface area contributed by atoms with E-state index < -0.39 is 17.8 Å². The summed E-state index contributed by atoms with van der Waals surface area (Å²) in [6.07, 6.45) is 0.520. The summed E-state index contributed by atoms with van der Waals surface area (Å²) in [7, 11) is 1.34. The maximum absolute atomic E-state index is 14.1. The van der Waals surface area contributed by atoms with Gasteiger partial charge in [-0.1, -0.05) is 11.2 Å². The van der Waals surface area contributed by atoms with Crippen LogP contribution in [0.1, 0.15) is 40.8 Å². The van der Waals surface area contributed by atoms with Gasteiger partial charge in [-0.15, -0.1) is 0 Å². The lowest BCUT2D eigenvalue weighted by atomic mass is 10.0. The summed E-state index contributed by atoms with van der Waals surface area (Å²) in [6.45, 7) is 1.97. The van der Waals surface area contributed by atoms with E-state index in [4.69, 9.17) is 9.26 Å². The Bertz CT molecular complexity index is 764. The number of benzene rings is 1. The van der Waals surface area contributed by atoms with Gasteiger partial charge in [0.15, 0.2) is 17.4 Å². The minimum Gasteiger partial charge on any atom is -0.494 e. The number of amides is 1. The number of methoxy groups -OCH3 is 1. The Labute approximate surface area is 144 Å². The van der Waals surface area contributed by atoms with Gasteiger partial charge in [0.1, 0.15) is 0 Å². The molecule has 1 aromatic heterocycles. The second-order valence-corrected chi connectivity index (χ2v) is 6.21. The molecular weight excluding hydrogens is 329 g/mol. The second-order valence-electron chi connectivity index (χ2n) is 6.21. The number of nitrogens with zero attached hydrogens (tertiary/aromatic N) is 2. The van der Waals surface area contributed by atoms with E-state index in [1.807, 2.05) is 0 Å². The van der Waals surface area contributed by atoms with Crippen molar-refractivity contribution in [3.63, 3.8) is 0 Å². The molecule has 0 aliphatic heterocycles. The number of hydrogen-bond acceptors (Lipinski definition) is 6. The summed E-state index contributed by atoms with van der Waals surface area (Å²) >= 11 is 0. The number of carbonyl (C=O) groups excluding carboxylic acids is 1. The van der Waals surface area contributed by atoms with Gasteiger partial charge in [-0.25, -0.2) is 4.39 Å². The number of ether oxygens (including phenoxy) is 1. The first-order chi connectivity index (χ1) is 12.0. The highest BCUT2D eigenvalue weighted by Crippen LogP contribution is 2.37. The third-order valence-electron chi connectivity index (χ3n) is 4.50. The van der Waals surface area contributed by atoms with Crippen molar-refractivity contribution in [3.05, 3.63) is 41.3 Å². The van der Waals surface area contributed by atoms with E-state index in [9.17, 15) is 14.3 Å². The fourth-order valence-electron chi connectivity index (χ4n) is 3.17. The van der Waals surface area contributed by atoms with Crippen molar-refractivity contribution in [1.82, 2.24) is 15.5 Å². The molecule has 0 saturated heterocycles. The first kappa shape index (κ1) is 17.3. The number of nitrogens with one attached hydrogen (secondary N) is 1. The average molecular weight is 349 g/mol. The van der Waals surface area contributed by atoms with Crippen molar-refractivity contribution in [2.24, 2.45) is 5.92 Å². The molecular formula is C17H20FN3O4. The first-order valence-electron chi connectivity index (χ1n) is 8.08. The highest BCUT2D eigenvalue weighted by atomic mass is 19.1. The molecule has 7 nitrogen and oxygen atoms in total. The number of aryl methyl sites for hydroxylation is 1. The molecule has 0 bridgehead atoms. The number of aliphatic hydroxyl groups is 1. The highest BCUT2D eigenvalue weighted by molar-refractivity contribution is 5.94. The topological polar surface area (TPSA) is 97.5 Å². The van der Waals surface area contributed by atoms with Gasteiger partial charge in [-0.2, -0.15) is 4.98 Å². The van der Waals surface area contributed by atoms with Crippen molar-refractivity contribution in [3.8, 4) is 5.75 Å². The zero-order valence-corrected chi connectivity index (χ0v) is 14.0. The lowest BCUT2D eigenvalue weighted by Crippen LogP contribution is -2.32. The van der Waals surface area contributed by atoms with Gasteiger partial charge in [-0.05, 0) is 31.9 Å². The number of rotatable bonds is 5. The van der Waals surface area contributed by atoms with E-state index in [1.165, 1.54) is 19.2 Å². The quantitative estimate of drug-likeness (QED) is 0.854. The van der Waals surface area contributed by atoms with E-state index >= 15 is 0 Å². The fraction of sp³-hybridized carbons (Fsp3) is 0.471. The molecule has 25 heavy (non-hydrogen) atoms. The summed E-state index contributed by atoms with van der Waals surface area (Å²) in [5.41, 5.74) is -0.0871. The zero-order valence-electron chi connectivity index (χ0n) is 14.0. The number of hydrogen-bond donors (Lipinski definition) is 2. The zero-order chi connectivity index (χ0) is 18.0. The SMILES string of the molecule is COc1cccc(C(=O)NC[C@H]2C[C@H](c3nc(C)no3)C[C@H]2O)c1F. The normalized spacial score (nSPS) is 22.8. The highest BCUT2D eigenvalue weighted by Gasteiger charge is 2.36. The molecule has 1 fully saturated rings. The van der Waals surface area contributed by atoms with Gasteiger partial charge in [0.25, 0.3) is 5.91 Å². The predicted molar refractivity (Wildman–Crippen MR) is 85.8 cm³/mol. The van der Waals surface area contributed by atoms with Crippen molar-refractivity contribution in [2.75, 3.05) is 13.7 Å². The van der Waals surface area contributed by atoms with Crippen LogP contribution in [-0.2, 0) is 0 Å². The van der Waals surface area contributed by atoms with Gasteiger partial charge < -0.3 is 19.7 Å². The van der Waals surface area contributed by atoms with Gasteiger partial charge in [0.2, 0.25) is 5.89 Å². The summed E-state index contributed by atoms with van der Waals surface area (Å²) in [6, 6.07) is 4.39. The molecule has 134 valence electrons. The number of aliphatic hydroxyl groups excluding tert-OH is 1. The van der Waals surface area contributed by atoms with Gasteiger partial charge in [0, 0.05) is 18.4 Å². The third kappa shape index (κ3) is 3.63. The van der Waals surface area contributed by atoms with Crippen molar-refractivity contribution in [1.29, 1.82) is 0 Å². The predicted octanol–water partition coefficient (Wildman–Crippen LogP) is 1.81. The van der Waals surface area contributed by atoms with Gasteiger partial charge >= 0.3 is 0 Å². The maximum Gasteiger partial charge on any atom is 0.254 e. The van der Waals surface area contributed by atoms with Gasteiger partial charge in [0.05, 0.1) is 18.8 Å². The Balaban J connectivity index is 1.61. The fourth-order valence-corrected chi connectivity index (χ4v) is 3.17. The van der Waals surface area contributed by atoms with E-state index in [0.29, 0.717) is 24.6 Å². The average Bonchev–Trinajstić information content (AvgIpc) is 3.18. The van der Waals surface area contributed by atoms with Crippen LogP contribution in [0.3, 0.4) is 0 Å². The Hall–Kier alpha value is -2.48. The largest absolute Gasteiger partial charge is 0.494 e. The minimum atomic E-state index is -0.700. The van der Waals surface area contributed by atoms with Crippen LogP contribution in [0.4, 0.5) is 4.39 Å². The summed E-state index contributed by atoms with van der Waals surface area (Å²) < 4.78 is 24.2. The van der Waals surface area contributed by atoms with Crippen LogP contribution in [0.25, 0.3) is 0 Å². The molecule has 1 heterocycles. The summed E-state index contributed by atoms with van der Waals surface area (Å²) in [5.74, 6) is -0.366.